The Morgan fingerprint density at radius 3 is 2.89 bits per heavy atom. The number of hydrogen-bond donors (Lipinski definition) is 2. The van der Waals surface area contributed by atoms with Crippen molar-refractivity contribution in [3.8, 4) is 0 Å². The third kappa shape index (κ3) is 2.31. The van der Waals surface area contributed by atoms with Gasteiger partial charge in [0, 0.05) is 19.1 Å². The summed E-state index contributed by atoms with van der Waals surface area (Å²) >= 11 is 0. The lowest BCUT2D eigenvalue weighted by Crippen LogP contribution is -2.53. The van der Waals surface area contributed by atoms with E-state index in [9.17, 15) is 14.3 Å². The molecule has 0 radical (unpaired) electrons. The quantitative estimate of drug-likeness (QED) is 0.805. The molecule has 2 unspecified atom stereocenters. The van der Waals surface area contributed by atoms with Crippen LogP contribution in [0.2, 0.25) is 0 Å². The molecule has 1 fully saturated rings. The Bertz CT molecular complexity index is 464. The Balaban J connectivity index is 2.40. The van der Waals surface area contributed by atoms with Gasteiger partial charge in [0.2, 0.25) is 0 Å². The second kappa shape index (κ2) is 4.94. The molecule has 2 atom stereocenters. The molecular formula is C13H17FN2O2. The summed E-state index contributed by atoms with van der Waals surface area (Å²) in [5.74, 6) is -0.297. The summed E-state index contributed by atoms with van der Waals surface area (Å²) in [6.45, 7) is 4.84. The number of hydrogen-bond acceptors (Lipinski definition) is 2. The van der Waals surface area contributed by atoms with Gasteiger partial charge >= 0.3 is 6.09 Å². The first-order chi connectivity index (χ1) is 8.50. The highest BCUT2D eigenvalue weighted by atomic mass is 19.1. The minimum absolute atomic E-state index is 0.0130. The topological polar surface area (TPSA) is 52.6 Å². The Morgan fingerprint density at radius 2 is 2.28 bits per heavy atom. The van der Waals surface area contributed by atoms with Crippen molar-refractivity contribution in [1.29, 1.82) is 0 Å². The number of amides is 1. The molecule has 1 aromatic carbocycles. The van der Waals surface area contributed by atoms with Crippen molar-refractivity contribution in [3.05, 3.63) is 35.1 Å². The fourth-order valence-corrected chi connectivity index (χ4v) is 2.56. The van der Waals surface area contributed by atoms with E-state index in [0.29, 0.717) is 13.1 Å². The molecule has 1 aliphatic rings. The van der Waals surface area contributed by atoms with E-state index < -0.39 is 6.09 Å². The van der Waals surface area contributed by atoms with Crippen LogP contribution in [0.4, 0.5) is 9.18 Å². The zero-order chi connectivity index (χ0) is 13.3. The summed E-state index contributed by atoms with van der Waals surface area (Å²) in [6.07, 6.45) is -0.933. The number of benzene rings is 1. The van der Waals surface area contributed by atoms with E-state index in [1.165, 1.54) is 17.0 Å². The van der Waals surface area contributed by atoms with E-state index in [1.807, 2.05) is 6.92 Å². The van der Waals surface area contributed by atoms with E-state index in [4.69, 9.17) is 0 Å². The number of nitrogens with zero attached hydrogens (tertiary/aromatic N) is 1. The van der Waals surface area contributed by atoms with Crippen molar-refractivity contribution in [3.63, 3.8) is 0 Å². The second-order valence-corrected chi connectivity index (χ2v) is 4.66. The van der Waals surface area contributed by atoms with Crippen LogP contribution in [0.5, 0.6) is 0 Å². The van der Waals surface area contributed by atoms with Gasteiger partial charge in [0.25, 0.3) is 0 Å². The van der Waals surface area contributed by atoms with Crippen LogP contribution >= 0.6 is 0 Å². The summed E-state index contributed by atoms with van der Waals surface area (Å²) in [5, 5.41) is 12.5. The van der Waals surface area contributed by atoms with Gasteiger partial charge in [-0.15, -0.1) is 0 Å². The van der Waals surface area contributed by atoms with Gasteiger partial charge in [0.05, 0.1) is 6.04 Å². The lowest BCUT2D eigenvalue weighted by atomic mass is 9.93. The molecule has 5 heteroatoms. The van der Waals surface area contributed by atoms with E-state index in [-0.39, 0.29) is 17.9 Å². The van der Waals surface area contributed by atoms with Gasteiger partial charge in [-0.25, -0.2) is 9.18 Å². The molecule has 2 rings (SSSR count). The summed E-state index contributed by atoms with van der Waals surface area (Å²) < 4.78 is 13.1. The van der Waals surface area contributed by atoms with Crippen LogP contribution in [0, 0.1) is 12.7 Å². The van der Waals surface area contributed by atoms with E-state index in [2.05, 4.69) is 5.32 Å². The maximum Gasteiger partial charge on any atom is 0.407 e. The maximum atomic E-state index is 13.1. The van der Waals surface area contributed by atoms with Crippen molar-refractivity contribution < 1.29 is 14.3 Å². The lowest BCUT2D eigenvalue weighted by molar-refractivity contribution is 0.0962. The Labute approximate surface area is 105 Å². The Kier molecular flexibility index (Phi) is 3.52. The molecule has 0 bridgehead atoms. The molecule has 0 spiro atoms. The van der Waals surface area contributed by atoms with Crippen LogP contribution in [0.25, 0.3) is 0 Å². The molecule has 1 aliphatic heterocycles. The van der Waals surface area contributed by atoms with Crippen LogP contribution in [0.1, 0.15) is 24.1 Å². The minimum Gasteiger partial charge on any atom is -0.465 e. The molecule has 0 saturated carbocycles. The SMILES string of the molecule is Cc1cc(F)ccc1C1C(C)NCCN1C(=O)O. The standard InChI is InChI=1S/C13H17FN2O2/c1-8-7-10(14)3-4-11(8)12-9(2)15-5-6-16(12)13(17)18/h3-4,7,9,12,15H,5-6H2,1-2H3,(H,17,18). The van der Waals surface area contributed by atoms with Gasteiger partial charge < -0.3 is 10.4 Å². The molecule has 1 saturated heterocycles. The zero-order valence-electron chi connectivity index (χ0n) is 10.5. The van der Waals surface area contributed by atoms with Crippen molar-refractivity contribution in [1.82, 2.24) is 10.2 Å². The van der Waals surface area contributed by atoms with Crippen LogP contribution in [0.3, 0.4) is 0 Å². The summed E-state index contributed by atoms with van der Waals surface area (Å²) in [7, 11) is 0. The van der Waals surface area contributed by atoms with Gasteiger partial charge in [-0.05, 0) is 37.1 Å². The first-order valence-corrected chi connectivity index (χ1v) is 5.99. The lowest BCUT2D eigenvalue weighted by Gasteiger charge is -2.39. The summed E-state index contributed by atoms with van der Waals surface area (Å²) in [6, 6.07) is 4.24. The largest absolute Gasteiger partial charge is 0.465 e. The average molecular weight is 252 g/mol. The Hall–Kier alpha value is -1.62. The van der Waals surface area contributed by atoms with Crippen LogP contribution < -0.4 is 5.32 Å². The molecule has 98 valence electrons. The van der Waals surface area contributed by atoms with E-state index in [1.54, 1.807) is 13.0 Å². The van der Waals surface area contributed by atoms with Crippen molar-refractivity contribution in [2.24, 2.45) is 0 Å². The predicted octanol–water partition coefficient (Wildman–Crippen LogP) is 2.15. The molecule has 1 amide bonds. The first-order valence-electron chi connectivity index (χ1n) is 5.99. The van der Waals surface area contributed by atoms with Gasteiger partial charge in [-0.2, -0.15) is 0 Å². The van der Waals surface area contributed by atoms with Crippen LogP contribution in [-0.2, 0) is 0 Å². The number of aryl methyl sites for hydroxylation is 1. The maximum absolute atomic E-state index is 13.1. The zero-order valence-corrected chi connectivity index (χ0v) is 10.5. The van der Waals surface area contributed by atoms with Crippen molar-refractivity contribution >= 4 is 6.09 Å². The van der Waals surface area contributed by atoms with Crippen molar-refractivity contribution in [2.45, 2.75) is 25.9 Å². The fraction of sp³-hybridized carbons (Fsp3) is 0.462. The van der Waals surface area contributed by atoms with Crippen molar-refractivity contribution in [2.75, 3.05) is 13.1 Å². The van der Waals surface area contributed by atoms with Crippen LogP contribution in [-0.4, -0.2) is 35.2 Å². The molecule has 4 nitrogen and oxygen atoms in total. The highest BCUT2D eigenvalue weighted by Crippen LogP contribution is 2.29. The summed E-state index contributed by atoms with van der Waals surface area (Å²) in [4.78, 5) is 12.7. The smallest absolute Gasteiger partial charge is 0.407 e. The van der Waals surface area contributed by atoms with Gasteiger partial charge in [-0.1, -0.05) is 6.07 Å². The number of carbonyl (C=O) groups is 1. The predicted molar refractivity (Wildman–Crippen MR) is 66.1 cm³/mol. The van der Waals surface area contributed by atoms with E-state index in [0.717, 1.165) is 11.1 Å². The normalized spacial score (nSPS) is 24.1. The number of halogens is 1. The minimum atomic E-state index is -0.933. The third-order valence-electron chi connectivity index (χ3n) is 3.42. The summed E-state index contributed by atoms with van der Waals surface area (Å²) in [5.41, 5.74) is 1.64. The highest BCUT2D eigenvalue weighted by molar-refractivity contribution is 5.66. The molecule has 1 aromatic rings. The highest BCUT2D eigenvalue weighted by Gasteiger charge is 2.33. The molecular weight excluding hydrogens is 235 g/mol. The molecule has 0 aromatic heterocycles. The fourth-order valence-electron chi connectivity index (χ4n) is 2.56. The van der Waals surface area contributed by atoms with Gasteiger partial charge in [0.1, 0.15) is 5.82 Å². The molecule has 18 heavy (non-hydrogen) atoms. The number of piperazine rings is 1. The van der Waals surface area contributed by atoms with Gasteiger partial charge in [0.15, 0.2) is 0 Å². The van der Waals surface area contributed by atoms with E-state index >= 15 is 0 Å². The first kappa shape index (κ1) is 12.8. The number of rotatable bonds is 1. The van der Waals surface area contributed by atoms with Gasteiger partial charge in [-0.3, -0.25) is 4.90 Å². The number of nitrogens with one attached hydrogen (secondary N) is 1. The third-order valence-corrected chi connectivity index (χ3v) is 3.42. The average Bonchev–Trinajstić information content (AvgIpc) is 2.29. The second-order valence-electron chi connectivity index (χ2n) is 4.66. The molecule has 1 heterocycles. The monoisotopic (exact) mass is 252 g/mol. The Morgan fingerprint density at radius 1 is 1.56 bits per heavy atom. The number of carboxylic acid groups (broad SMARTS) is 1. The van der Waals surface area contributed by atoms with Crippen LogP contribution in [0.15, 0.2) is 18.2 Å². The molecule has 2 N–H and O–H groups in total. The molecule has 0 aliphatic carbocycles.